The molecule has 0 N–H and O–H groups in total. The Kier molecular flexibility index (Phi) is 8.11. The van der Waals surface area contributed by atoms with Gasteiger partial charge in [0.2, 0.25) is 0 Å². The molecule has 0 aromatic rings. The second-order valence-corrected chi connectivity index (χ2v) is 7.17. The molecule has 0 aliphatic heterocycles. The Labute approximate surface area is 110 Å². The highest BCUT2D eigenvalue weighted by molar-refractivity contribution is 4.74. The first-order valence-electron chi connectivity index (χ1n) is 7.45. The minimum atomic E-state index is 0.469. The molecule has 0 bridgehead atoms. The van der Waals surface area contributed by atoms with Gasteiger partial charge < -0.3 is 4.90 Å². The molecule has 0 amide bonds. The van der Waals surface area contributed by atoms with E-state index in [1.165, 1.54) is 38.6 Å². The van der Waals surface area contributed by atoms with Crippen LogP contribution >= 0.6 is 0 Å². The van der Waals surface area contributed by atoms with Crippen molar-refractivity contribution in [2.24, 2.45) is 11.3 Å². The van der Waals surface area contributed by atoms with Crippen molar-refractivity contribution in [2.45, 2.75) is 79.7 Å². The number of hydrogen-bond donors (Lipinski definition) is 0. The SMILES string of the molecule is CC(C)CCCCCC(C)(C)CN(C)C(C)C. The van der Waals surface area contributed by atoms with Gasteiger partial charge in [0.25, 0.3) is 0 Å². The minimum absolute atomic E-state index is 0.469. The first-order valence-corrected chi connectivity index (χ1v) is 7.45. The van der Waals surface area contributed by atoms with Crippen LogP contribution < -0.4 is 0 Å². The van der Waals surface area contributed by atoms with E-state index in [0.29, 0.717) is 11.5 Å². The summed E-state index contributed by atoms with van der Waals surface area (Å²) in [6, 6.07) is 0.662. The van der Waals surface area contributed by atoms with Gasteiger partial charge in [-0.3, -0.25) is 0 Å². The predicted octanol–water partition coefficient (Wildman–Crippen LogP) is 4.96. The molecule has 1 nitrogen and oxygen atoms in total. The molecule has 0 fully saturated rings. The molecule has 104 valence electrons. The Hall–Kier alpha value is -0.0400. The zero-order valence-electron chi connectivity index (χ0n) is 13.3. The highest BCUT2D eigenvalue weighted by Gasteiger charge is 2.20. The Bertz CT molecular complexity index is 182. The van der Waals surface area contributed by atoms with E-state index in [4.69, 9.17) is 0 Å². The Morgan fingerprint density at radius 2 is 1.53 bits per heavy atom. The van der Waals surface area contributed by atoms with Crippen LogP contribution in [-0.2, 0) is 0 Å². The highest BCUT2D eigenvalue weighted by Crippen LogP contribution is 2.25. The minimum Gasteiger partial charge on any atom is -0.303 e. The van der Waals surface area contributed by atoms with Gasteiger partial charge in [-0.25, -0.2) is 0 Å². The average Bonchev–Trinajstić information content (AvgIpc) is 2.15. The van der Waals surface area contributed by atoms with Gasteiger partial charge in [0.1, 0.15) is 0 Å². The fourth-order valence-corrected chi connectivity index (χ4v) is 2.27. The maximum absolute atomic E-state index is 2.47. The van der Waals surface area contributed by atoms with Gasteiger partial charge in [-0.05, 0) is 38.6 Å². The lowest BCUT2D eigenvalue weighted by Gasteiger charge is -2.32. The maximum Gasteiger partial charge on any atom is 0.00357 e. The molecule has 0 saturated heterocycles. The van der Waals surface area contributed by atoms with Gasteiger partial charge in [-0.15, -0.1) is 0 Å². The van der Waals surface area contributed by atoms with Gasteiger partial charge in [-0.2, -0.15) is 0 Å². The van der Waals surface area contributed by atoms with E-state index in [2.05, 4.69) is 53.5 Å². The van der Waals surface area contributed by atoms with Crippen molar-refractivity contribution in [3.8, 4) is 0 Å². The summed E-state index contributed by atoms with van der Waals surface area (Å²) in [5, 5.41) is 0. The van der Waals surface area contributed by atoms with E-state index >= 15 is 0 Å². The lowest BCUT2D eigenvalue weighted by molar-refractivity contribution is 0.164. The Morgan fingerprint density at radius 1 is 0.941 bits per heavy atom. The lowest BCUT2D eigenvalue weighted by atomic mass is 9.86. The number of unbranched alkanes of at least 4 members (excludes halogenated alkanes) is 2. The molecule has 0 aromatic carbocycles. The van der Waals surface area contributed by atoms with Gasteiger partial charge in [0.05, 0.1) is 0 Å². The van der Waals surface area contributed by atoms with E-state index in [9.17, 15) is 0 Å². The zero-order chi connectivity index (χ0) is 13.5. The van der Waals surface area contributed by atoms with E-state index < -0.39 is 0 Å². The van der Waals surface area contributed by atoms with Crippen LogP contribution in [0.15, 0.2) is 0 Å². The first-order chi connectivity index (χ1) is 7.74. The standard InChI is InChI=1S/C16H35N/c1-14(2)11-9-8-10-12-16(5,6)13-17(7)15(3)4/h14-15H,8-13H2,1-7H3. The summed E-state index contributed by atoms with van der Waals surface area (Å²) in [4.78, 5) is 2.47. The molecule has 1 heteroatoms. The first kappa shape index (κ1) is 17.0. The fourth-order valence-electron chi connectivity index (χ4n) is 2.27. The van der Waals surface area contributed by atoms with Gasteiger partial charge in [0, 0.05) is 12.6 Å². The van der Waals surface area contributed by atoms with Crippen LogP contribution in [0.3, 0.4) is 0 Å². The smallest absolute Gasteiger partial charge is 0.00357 e. The summed E-state index contributed by atoms with van der Waals surface area (Å²) in [5.41, 5.74) is 0.469. The van der Waals surface area contributed by atoms with Gasteiger partial charge >= 0.3 is 0 Å². The van der Waals surface area contributed by atoms with Crippen LogP contribution in [0.2, 0.25) is 0 Å². The van der Waals surface area contributed by atoms with Crippen LogP contribution in [0.4, 0.5) is 0 Å². The summed E-state index contributed by atoms with van der Waals surface area (Å²) in [7, 11) is 2.24. The van der Waals surface area contributed by atoms with Crippen molar-refractivity contribution >= 4 is 0 Å². The van der Waals surface area contributed by atoms with Gasteiger partial charge in [0.15, 0.2) is 0 Å². The highest BCUT2D eigenvalue weighted by atomic mass is 15.1. The van der Waals surface area contributed by atoms with Crippen molar-refractivity contribution in [2.75, 3.05) is 13.6 Å². The van der Waals surface area contributed by atoms with Crippen molar-refractivity contribution in [3.05, 3.63) is 0 Å². The molecule has 0 saturated carbocycles. The van der Waals surface area contributed by atoms with Crippen molar-refractivity contribution in [1.82, 2.24) is 4.90 Å². The molecule has 0 heterocycles. The van der Waals surface area contributed by atoms with E-state index in [0.717, 1.165) is 5.92 Å². The average molecular weight is 241 g/mol. The zero-order valence-corrected chi connectivity index (χ0v) is 13.3. The topological polar surface area (TPSA) is 3.24 Å². The molecular weight excluding hydrogens is 206 g/mol. The maximum atomic E-state index is 2.47. The van der Waals surface area contributed by atoms with Gasteiger partial charge in [-0.1, -0.05) is 53.4 Å². The summed E-state index contributed by atoms with van der Waals surface area (Å²) < 4.78 is 0. The molecule has 0 aliphatic carbocycles. The summed E-state index contributed by atoms with van der Waals surface area (Å²) in [6.07, 6.45) is 6.97. The third-order valence-electron chi connectivity index (χ3n) is 3.69. The molecule has 0 rings (SSSR count). The quantitative estimate of drug-likeness (QED) is 0.516. The lowest BCUT2D eigenvalue weighted by Crippen LogP contribution is -2.35. The summed E-state index contributed by atoms with van der Waals surface area (Å²) in [6.45, 7) is 15.2. The summed E-state index contributed by atoms with van der Waals surface area (Å²) >= 11 is 0. The molecular formula is C16H35N. The number of rotatable bonds is 9. The normalized spacial score (nSPS) is 13.1. The molecule has 0 unspecified atom stereocenters. The number of hydrogen-bond acceptors (Lipinski definition) is 1. The van der Waals surface area contributed by atoms with Crippen molar-refractivity contribution in [3.63, 3.8) is 0 Å². The third kappa shape index (κ3) is 9.64. The van der Waals surface area contributed by atoms with Crippen LogP contribution in [0.5, 0.6) is 0 Å². The molecule has 0 spiro atoms. The Balaban J connectivity index is 3.70. The van der Waals surface area contributed by atoms with E-state index in [1.807, 2.05) is 0 Å². The largest absolute Gasteiger partial charge is 0.303 e. The molecule has 0 aromatic heterocycles. The van der Waals surface area contributed by atoms with Crippen LogP contribution in [-0.4, -0.2) is 24.5 Å². The summed E-state index contributed by atoms with van der Waals surface area (Å²) in [5.74, 6) is 0.870. The van der Waals surface area contributed by atoms with E-state index in [1.54, 1.807) is 0 Å². The van der Waals surface area contributed by atoms with Crippen molar-refractivity contribution < 1.29 is 0 Å². The molecule has 0 aliphatic rings. The fraction of sp³-hybridized carbons (Fsp3) is 1.00. The second kappa shape index (κ2) is 8.13. The monoisotopic (exact) mass is 241 g/mol. The Morgan fingerprint density at radius 3 is 2.00 bits per heavy atom. The van der Waals surface area contributed by atoms with Crippen LogP contribution in [0.25, 0.3) is 0 Å². The predicted molar refractivity (Wildman–Crippen MR) is 79.5 cm³/mol. The molecule has 17 heavy (non-hydrogen) atoms. The van der Waals surface area contributed by atoms with E-state index in [-0.39, 0.29) is 0 Å². The van der Waals surface area contributed by atoms with Crippen LogP contribution in [0.1, 0.15) is 73.6 Å². The molecule has 0 atom stereocenters. The second-order valence-electron chi connectivity index (χ2n) is 7.17. The molecule has 0 radical (unpaired) electrons. The van der Waals surface area contributed by atoms with Crippen molar-refractivity contribution in [1.29, 1.82) is 0 Å². The number of nitrogens with zero attached hydrogens (tertiary/aromatic N) is 1. The third-order valence-corrected chi connectivity index (χ3v) is 3.69. The van der Waals surface area contributed by atoms with Crippen LogP contribution in [0, 0.1) is 11.3 Å².